The van der Waals surface area contributed by atoms with E-state index in [0.29, 0.717) is 0 Å². The summed E-state index contributed by atoms with van der Waals surface area (Å²) in [5, 5.41) is 0. The first-order chi connectivity index (χ1) is 9.38. The molecule has 0 aromatic heterocycles. The van der Waals surface area contributed by atoms with E-state index in [0.717, 1.165) is 18.7 Å². The van der Waals surface area contributed by atoms with Crippen molar-refractivity contribution in [1.29, 1.82) is 0 Å². The Bertz CT molecular complexity index is 454. The highest BCUT2D eigenvalue weighted by Gasteiger charge is 2.17. The standard InChI is InChI=1S/C17H26N2O/c1-14-7-6-8-15(11-14)9-10-17(20)16(12-18(2)3)13-19(4)5/h6-11,16H,12-13H2,1-5H3/b10-9+. The Kier molecular flexibility index (Phi) is 6.62. The van der Waals surface area contributed by atoms with Gasteiger partial charge in [0.2, 0.25) is 0 Å². The van der Waals surface area contributed by atoms with Gasteiger partial charge in [-0.1, -0.05) is 35.9 Å². The molecule has 1 rings (SSSR count). The molecule has 0 N–H and O–H groups in total. The molecule has 0 saturated carbocycles. The van der Waals surface area contributed by atoms with Crippen LogP contribution < -0.4 is 0 Å². The van der Waals surface area contributed by atoms with E-state index in [-0.39, 0.29) is 11.7 Å². The van der Waals surface area contributed by atoms with Crippen LogP contribution in [0, 0.1) is 12.8 Å². The summed E-state index contributed by atoms with van der Waals surface area (Å²) in [5.41, 5.74) is 2.28. The van der Waals surface area contributed by atoms with E-state index in [2.05, 4.69) is 28.9 Å². The van der Waals surface area contributed by atoms with Crippen LogP contribution in [0.1, 0.15) is 11.1 Å². The first-order valence-electron chi connectivity index (χ1n) is 6.96. The number of hydrogen-bond acceptors (Lipinski definition) is 3. The van der Waals surface area contributed by atoms with Crippen LogP contribution in [0.3, 0.4) is 0 Å². The number of nitrogens with zero attached hydrogens (tertiary/aromatic N) is 2. The third kappa shape index (κ3) is 6.13. The quantitative estimate of drug-likeness (QED) is 0.713. The van der Waals surface area contributed by atoms with Gasteiger partial charge >= 0.3 is 0 Å². The SMILES string of the molecule is Cc1cccc(/C=C/C(=O)C(CN(C)C)CN(C)C)c1. The minimum absolute atomic E-state index is 0.0149. The maximum Gasteiger partial charge on any atom is 0.161 e. The predicted molar refractivity (Wildman–Crippen MR) is 85.8 cm³/mol. The number of rotatable bonds is 7. The highest BCUT2D eigenvalue weighted by Crippen LogP contribution is 2.09. The van der Waals surface area contributed by atoms with Crippen molar-refractivity contribution in [3.63, 3.8) is 0 Å². The number of benzene rings is 1. The lowest BCUT2D eigenvalue weighted by atomic mass is 10.0. The van der Waals surface area contributed by atoms with E-state index >= 15 is 0 Å². The maximum absolute atomic E-state index is 12.3. The average molecular weight is 274 g/mol. The van der Waals surface area contributed by atoms with E-state index in [1.165, 1.54) is 5.56 Å². The average Bonchev–Trinajstić information content (AvgIpc) is 2.34. The normalized spacial score (nSPS) is 12.0. The Labute approximate surface area is 122 Å². The Balaban J connectivity index is 2.74. The van der Waals surface area contributed by atoms with Gasteiger partial charge in [0.15, 0.2) is 5.78 Å². The van der Waals surface area contributed by atoms with E-state index in [1.807, 2.05) is 46.4 Å². The van der Waals surface area contributed by atoms with Gasteiger partial charge in [-0.2, -0.15) is 0 Å². The van der Waals surface area contributed by atoms with E-state index < -0.39 is 0 Å². The molecule has 20 heavy (non-hydrogen) atoms. The van der Waals surface area contributed by atoms with Gasteiger partial charge in [-0.25, -0.2) is 0 Å². The van der Waals surface area contributed by atoms with E-state index in [4.69, 9.17) is 0 Å². The second kappa shape index (κ2) is 7.98. The molecule has 0 bridgehead atoms. The van der Waals surface area contributed by atoms with Crippen molar-refractivity contribution in [3.8, 4) is 0 Å². The Morgan fingerprint density at radius 2 is 1.75 bits per heavy atom. The second-order valence-corrected chi connectivity index (χ2v) is 5.87. The number of carbonyl (C=O) groups is 1. The molecule has 3 nitrogen and oxygen atoms in total. The van der Waals surface area contributed by atoms with Gasteiger partial charge in [-0.3, -0.25) is 4.79 Å². The van der Waals surface area contributed by atoms with Gasteiger partial charge in [-0.05, 0) is 46.8 Å². The number of aryl methyl sites for hydroxylation is 1. The van der Waals surface area contributed by atoms with Crippen LogP contribution in [-0.4, -0.2) is 56.9 Å². The number of hydrogen-bond donors (Lipinski definition) is 0. The van der Waals surface area contributed by atoms with Crippen LogP contribution in [-0.2, 0) is 4.79 Å². The van der Waals surface area contributed by atoms with Crippen molar-refractivity contribution in [1.82, 2.24) is 9.80 Å². The molecule has 0 radical (unpaired) electrons. The monoisotopic (exact) mass is 274 g/mol. The molecular formula is C17H26N2O. The van der Waals surface area contributed by atoms with Crippen molar-refractivity contribution in [2.24, 2.45) is 5.92 Å². The molecule has 1 aromatic rings. The molecule has 0 aliphatic carbocycles. The third-order valence-corrected chi connectivity index (χ3v) is 3.06. The smallest absolute Gasteiger partial charge is 0.161 e. The molecule has 0 amide bonds. The van der Waals surface area contributed by atoms with Gasteiger partial charge in [-0.15, -0.1) is 0 Å². The maximum atomic E-state index is 12.3. The third-order valence-electron chi connectivity index (χ3n) is 3.06. The summed E-state index contributed by atoms with van der Waals surface area (Å²) < 4.78 is 0. The lowest BCUT2D eigenvalue weighted by Gasteiger charge is -2.22. The summed E-state index contributed by atoms with van der Waals surface area (Å²) in [6.07, 6.45) is 3.63. The lowest BCUT2D eigenvalue weighted by molar-refractivity contribution is -0.119. The molecule has 0 spiro atoms. The summed E-state index contributed by atoms with van der Waals surface area (Å²) >= 11 is 0. The summed E-state index contributed by atoms with van der Waals surface area (Å²) in [5.74, 6) is 0.204. The van der Waals surface area contributed by atoms with Crippen LogP contribution in [0.15, 0.2) is 30.3 Å². The summed E-state index contributed by atoms with van der Waals surface area (Å²) in [6.45, 7) is 3.60. The van der Waals surface area contributed by atoms with E-state index in [9.17, 15) is 4.79 Å². The van der Waals surface area contributed by atoms with Crippen molar-refractivity contribution < 1.29 is 4.79 Å². The highest BCUT2D eigenvalue weighted by atomic mass is 16.1. The van der Waals surface area contributed by atoms with Crippen LogP contribution >= 0.6 is 0 Å². The molecule has 0 atom stereocenters. The molecular weight excluding hydrogens is 248 g/mol. The van der Waals surface area contributed by atoms with Gasteiger partial charge < -0.3 is 9.80 Å². The first kappa shape index (κ1) is 16.6. The molecule has 0 aliphatic rings. The minimum atomic E-state index is 0.0149. The Morgan fingerprint density at radius 1 is 1.15 bits per heavy atom. The van der Waals surface area contributed by atoms with Crippen molar-refractivity contribution in [3.05, 3.63) is 41.5 Å². The van der Waals surface area contributed by atoms with Gasteiger partial charge in [0, 0.05) is 19.0 Å². The van der Waals surface area contributed by atoms with Gasteiger partial charge in [0.1, 0.15) is 0 Å². The molecule has 1 aromatic carbocycles. The molecule has 0 unspecified atom stereocenters. The lowest BCUT2D eigenvalue weighted by Crippen LogP contribution is -2.34. The predicted octanol–water partition coefficient (Wildman–Crippen LogP) is 2.32. The van der Waals surface area contributed by atoms with E-state index in [1.54, 1.807) is 6.08 Å². The van der Waals surface area contributed by atoms with Gasteiger partial charge in [0.25, 0.3) is 0 Å². The Morgan fingerprint density at radius 3 is 2.25 bits per heavy atom. The zero-order valence-electron chi connectivity index (χ0n) is 13.3. The van der Waals surface area contributed by atoms with Gasteiger partial charge in [0.05, 0.1) is 0 Å². The molecule has 0 fully saturated rings. The molecule has 3 heteroatoms. The number of carbonyl (C=O) groups excluding carboxylic acids is 1. The largest absolute Gasteiger partial charge is 0.309 e. The van der Waals surface area contributed by atoms with Crippen LogP contribution in [0.4, 0.5) is 0 Å². The highest BCUT2D eigenvalue weighted by molar-refractivity contribution is 5.95. The fourth-order valence-corrected chi connectivity index (χ4v) is 2.21. The van der Waals surface area contributed by atoms with Crippen LogP contribution in [0.25, 0.3) is 6.08 Å². The molecule has 110 valence electrons. The van der Waals surface area contributed by atoms with Crippen LogP contribution in [0.5, 0.6) is 0 Å². The summed E-state index contributed by atoms with van der Waals surface area (Å²) in [7, 11) is 8.00. The van der Waals surface area contributed by atoms with Crippen molar-refractivity contribution in [2.75, 3.05) is 41.3 Å². The topological polar surface area (TPSA) is 23.6 Å². The zero-order valence-corrected chi connectivity index (χ0v) is 13.3. The zero-order chi connectivity index (χ0) is 15.1. The number of allylic oxidation sites excluding steroid dienone is 1. The molecule has 0 saturated heterocycles. The Hall–Kier alpha value is -1.45. The molecule has 0 aliphatic heterocycles. The molecule has 0 heterocycles. The summed E-state index contributed by atoms with van der Waals surface area (Å²) in [6, 6.07) is 8.16. The number of ketones is 1. The van der Waals surface area contributed by atoms with Crippen molar-refractivity contribution >= 4 is 11.9 Å². The van der Waals surface area contributed by atoms with Crippen LogP contribution in [0.2, 0.25) is 0 Å². The summed E-state index contributed by atoms with van der Waals surface area (Å²) in [4.78, 5) is 16.5. The second-order valence-electron chi connectivity index (χ2n) is 5.87. The fourth-order valence-electron chi connectivity index (χ4n) is 2.21. The minimum Gasteiger partial charge on any atom is -0.309 e. The fraction of sp³-hybridized carbons (Fsp3) is 0.471. The van der Waals surface area contributed by atoms with Crippen molar-refractivity contribution in [2.45, 2.75) is 6.92 Å². The first-order valence-corrected chi connectivity index (χ1v) is 6.96.